The summed E-state index contributed by atoms with van der Waals surface area (Å²) in [6, 6.07) is 6.65. The SMILES string of the molecule is CN1CCN(CCCn2cc(-c3cnc4ccc(NNC5CCCC5)nc4c3)cn2)CC1. The van der Waals surface area contributed by atoms with Crippen LogP contribution in [0.25, 0.3) is 22.2 Å². The average Bonchev–Trinajstić information content (AvgIpc) is 3.51. The number of hydrazine groups is 1. The van der Waals surface area contributed by atoms with Crippen molar-refractivity contribution in [1.29, 1.82) is 0 Å². The molecule has 1 saturated heterocycles. The summed E-state index contributed by atoms with van der Waals surface area (Å²) >= 11 is 0. The van der Waals surface area contributed by atoms with Crippen molar-refractivity contribution in [2.24, 2.45) is 0 Å². The van der Waals surface area contributed by atoms with Gasteiger partial charge in [-0.25, -0.2) is 10.4 Å². The molecule has 1 saturated carbocycles. The summed E-state index contributed by atoms with van der Waals surface area (Å²) in [5.41, 5.74) is 10.6. The lowest BCUT2D eigenvalue weighted by Crippen LogP contribution is -2.44. The van der Waals surface area contributed by atoms with Crippen molar-refractivity contribution in [2.45, 2.75) is 44.7 Å². The van der Waals surface area contributed by atoms with E-state index in [1.807, 2.05) is 29.2 Å². The first-order chi connectivity index (χ1) is 15.7. The topological polar surface area (TPSA) is 74.1 Å². The fourth-order valence-corrected chi connectivity index (χ4v) is 4.64. The summed E-state index contributed by atoms with van der Waals surface area (Å²) in [6.07, 6.45) is 12.2. The van der Waals surface area contributed by atoms with Crippen LogP contribution in [0.3, 0.4) is 0 Å². The monoisotopic (exact) mass is 434 g/mol. The molecule has 0 unspecified atom stereocenters. The van der Waals surface area contributed by atoms with Gasteiger partial charge >= 0.3 is 0 Å². The number of hydrogen-bond acceptors (Lipinski definition) is 7. The van der Waals surface area contributed by atoms with Gasteiger partial charge in [0.2, 0.25) is 0 Å². The summed E-state index contributed by atoms with van der Waals surface area (Å²) < 4.78 is 2.05. The van der Waals surface area contributed by atoms with Crippen molar-refractivity contribution in [2.75, 3.05) is 45.2 Å². The predicted octanol–water partition coefficient (Wildman–Crippen LogP) is 2.99. The van der Waals surface area contributed by atoms with E-state index in [2.05, 4.69) is 50.0 Å². The third kappa shape index (κ3) is 5.26. The molecule has 4 heterocycles. The van der Waals surface area contributed by atoms with Crippen LogP contribution in [0.4, 0.5) is 5.82 Å². The molecule has 0 aromatic carbocycles. The van der Waals surface area contributed by atoms with Crippen molar-refractivity contribution >= 4 is 16.9 Å². The molecule has 0 spiro atoms. The lowest BCUT2D eigenvalue weighted by atomic mass is 10.1. The summed E-state index contributed by atoms with van der Waals surface area (Å²) in [6.45, 7) is 6.75. The lowest BCUT2D eigenvalue weighted by Gasteiger charge is -2.32. The molecule has 2 fully saturated rings. The highest BCUT2D eigenvalue weighted by Gasteiger charge is 2.15. The number of nitrogens with one attached hydrogen (secondary N) is 2. The molecule has 0 atom stereocenters. The second-order valence-corrected chi connectivity index (χ2v) is 9.20. The molecule has 3 aromatic rings. The van der Waals surface area contributed by atoms with Gasteiger partial charge in [0, 0.05) is 62.3 Å². The maximum absolute atomic E-state index is 4.76. The van der Waals surface area contributed by atoms with Crippen LogP contribution in [0.1, 0.15) is 32.1 Å². The number of pyridine rings is 2. The highest BCUT2D eigenvalue weighted by Crippen LogP contribution is 2.23. The summed E-state index contributed by atoms with van der Waals surface area (Å²) in [5, 5.41) is 4.58. The van der Waals surface area contributed by atoms with Gasteiger partial charge < -0.3 is 15.2 Å². The minimum Gasteiger partial charge on any atom is -0.306 e. The Bertz CT molecular complexity index is 1020. The number of piperazine rings is 1. The Hall–Kier alpha value is -2.55. The Balaban J connectivity index is 1.19. The highest BCUT2D eigenvalue weighted by molar-refractivity contribution is 5.81. The molecule has 1 aliphatic carbocycles. The fourth-order valence-electron chi connectivity index (χ4n) is 4.64. The number of hydrogen-bond donors (Lipinski definition) is 2. The lowest BCUT2D eigenvalue weighted by molar-refractivity contribution is 0.151. The molecule has 1 aliphatic heterocycles. The van der Waals surface area contributed by atoms with E-state index in [0.29, 0.717) is 6.04 Å². The zero-order valence-corrected chi connectivity index (χ0v) is 19.0. The highest BCUT2D eigenvalue weighted by atomic mass is 15.4. The molecule has 0 amide bonds. The molecule has 0 bridgehead atoms. The number of aryl methyl sites for hydroxylation is 1. The molecule has 170 valence electrons. The normalized spacial score (nSPS) is 18.5. The molecule has 2 N–H and O–H groups in total. The van der Waals surface area contributed by atoms with E-state index in [9.17, 15) is 0 Å². The van der Waals surface area contributed by atoms with E-state index in [1.54, 1.807) is 0 Å². The van der Waals surface area contributed by atoms with Crippen molar-refractivity contribution in [3.05, 3.63) is 36.8 Å². The van der Waals surface area contributed by atoms with Gasteiger partial charge in [0.15, 0.2) is 0 Å². The Morgan fingerprint density at radius 3 is 2.66 bits per heavy atom. The Morgan fingerprint density at radius 2 is 1.81 bits per heavy atom. The third-order valence-electron chi connectivity index (χ3n) is 6.72. The van der Waals surface area contributed by atoms with Crippen LogP contribution in [0.2, 0.25) is 0 Å². The quantitative estimate of drug-likeness (QED) is 0.528. The van der Waals surface area contributed by atoms with Gasteiger partial charge in [0.1, 0.15) is 5.82 Å². The van der Waals surface area contributed by atoms with Crippen LogP contribution in [0.5, 0.6) is 0 Å². The zero-order chi connectivity index (χ0) is 21.8. The maximum atomic E-state index is 4.76. The van der Waals surface area contributed by atoms with E-state index in [4.69, 9.17) is 4.98 Å². The molecule has 3 aromatic heterocycles. The van der Waals surface area contributed by atoms with E-state index in [1.165, 1.54) is 51.9 Å². The Morgan fingerprint density at radius 1 is 0.969 bits per heavy atom. The number of rotatable bonds is 8. The molecule has 32 heavy (non-hydrogen) atoms. The van der Waals surface area contributed by atoms with Crippen LogP contribution in [-0.4, -0.2) is 75.4 Å². The summed E-state index contributed by atoms with van der Waals surface area (Å²) in [5.74, 6) is 0.836. The van der Waals surface area contributed by atoms with Gasteiger partial charge in [-0.05, 0) is 51.1 Å². The van der Waals surface area contributed by atoms with Gasteiger partial charge in [-0.1, -0.05) is 12.8 Å². The minimum atomic E-state index is 0.541. The van der Waals surface area contributed by atoms with Crippen molar-refractivity contribution < 1.29 is 0 Å². The third-order valence-corrected chi connectivity index (χ3v) is 6.72. The molecular formula is C24H34N8. The van der Waals surface area contributed by atoms with Gasteiger partial charge in [-0.2, -0.15) is 5.10 Å². The average molecular weight is 435 g/mol. The number of nitrogens with zero attached hydrogens (tertiary/aromatic N) is 6. The van der Waals surface area contributed by atoms with Gasteiger partial charge in [0.25, 0.3) is 0 Å². The first kappa shape index (κ1) is 21.3. The maximum Gasteiger partial charge on any atom is 0.140 e. The number of fused-ring (bicyclic) bond motifs is 1. The summed E-state index contributed by atoms with van der Waals surface area (Å²) in [7, 11) is 2.20. The van der Waals surface area contributed by atoms with Crippen LogP contribution < -0.4 is 10.9 Å². The molecule has 8 nitrogen and oxygen atoms in total. The minimum absolute atomic E-state index is 0.541. The predicted molar refractivity (Wildman–Crippen MR) is 128 cm³/mol. The number of anilines is 1. The van der Waals surface area contributed by atoms with E-state index < -0.39 is 0 Å². The number of likely N-dealkylation sites (N-methyl/N-ethyl adjacent to an activating group) is 1. The van der Waals surface area contributed by atoms with Crippen LogP contribution in [-0.2, 0) is 6.54 Å². The van der Waals surface area contributed by atoms with Crippen molar-refractivity contribution in [3.63, 3.8) is 0 Å². The first-order valence-electron chi connectivity index (χ1n) is 11.9. The Labute approximate surface area is 190 Å². The molecule has 2 aliphatic rings. The van der Waals surface area contributed by atoms with E-state index in [-0.39, 0.29) is 0 Å². The Kier molecular flexibility index (Phi) is 6.61. The van der Waals surface area contributed by atoms with Gasteiger partial charge in [-0.3, -0.25) is 9.67 Å². The molecule has 8 heteroatoms. The van der Waals surface area contributed by atoms with E-state index in [0.717, 1.165) is 47.5 Å². The number of aromatic nitrogens is 4. The van der Waals surface area contributed by atoms with Crippen LogP contribution in [0.15, 0.2) is 36.8 Å². The standard InChI is InChI=1S/C24H34N8/c1-30-11-13-31(14-12-30)9-4-10-32-18-20(17-26-32)19-15-23-22(25-16-19)7-8-24(27-23)29-28-21-5-2-3-6-21/h7-8,15-18,21,28H,2-6,9-14H2,1H3,(H,27,29). The smallest absolute Gasteiger partial charge is 0.140 e. The molecule has 0 radical (unpaired) electrons. The molecule has 5 rings (SSSR count). The van der Waals surface area contributed by atoms with Crippen molar-refractivity contribution in [3.8, 4) is 11.1 Å². The van der Waals surface area contributed by atoms with Gasteiger partial charge in [-0.15, -0.1) is 0 Å². The van der Waals surface area contributed by atoms with Crippen LogP contribution in [0, 0.1) is 0 Å². The fraction of sp³-hybridized carbons (Fsp3) is 0.542. The zero-order valence-electron chi connectivity index (χ0n) is 19.0. The van der Waals surface area contributed by atoms with Crippen LogP contribution >= 0.6 is 0 Å². The van der Waals surface area contributed by atoms with E-state index >= 15 is 0 Å². The second-order valence-electron chi connectivity index (χ2n) is 9.20. The largest absolute Gasteiger partial charge is 0.306 e. The van der Waals surface area contributed by atoms with Crippen molar-refractivity contribution in [1.82, 2.24) is 35.0 Å². The second kappa shape index (κ2) is 9.94. The van der Waals surface area contributed by atoms with Gasteiger partial charge in [0.05, 0.1) is 17.2 Å². The first-order valence-corrected chi connectivity index (χ1v) is 11.9. The molecular weight excluding hydrogens is 400 g/mol. The summed E-state index contributed by atoms with van der Waals surface area (Å²) in [4.78, 5) is 14.3.